The lowest BCUT2D eigenvalue weighted by atomic mass is 9.79. The third-order valence-electron chi connectivity index (χ3n) is 6.36. The number of rotatable bonds is 8. The van der Waals surface area contributed by atoms with Gasteiger partial charge < -0.3 is 20.5 Å². The summed E-state index contributed by atoms with van der Waals surface area (Å²) in [6.45, 7) is 3.67. The molecule has 3 aromatic carbocycles. The molecule has 172 valence electrons. The van der Waals surface area contributed by atoms with Crippen LogP contribution < -0.4 is 15.4 Å². The average Bonchev–Trinajstić information content (AvgIpc) is 2.83. The van der Waals surface area contributed by atoms with E-state index in [2.05, 4.69) is 66.1 Å². The second-order valence-electron chi connectivity index (χ2n) is 8.65. The monoisotopic (exact) mass is 460 g/mol. The Labute approximate surface area is 202 Å². The van der Waals surface area contributed by atoms with E-state index < -0.39 is 0 Å². The highest BCUT2D eigenvalue weighted by molar-refractivity contribution is 7.80. The van der Waals surface area contributed by atoms with E-state index in [0.29, 0.717) is 11.7 Å². The zero-order valence-corrected chi connectivity index (χ0v) is 20.2. The maximum atomic E-state index is 9.80. The molecule has 33 heavy (non-hydrogen) atoms. The van der Waals surface area contributed by atoms with Gasteiger partial charge in [-0.25, -0.2) is 0 Å². The number of phenolic OH excluding ortho intramolecular Hbond substituents is 1. The molecule has 1 aliphatic rings. The summed E-state index contributed by atoms with van der Waals surface area (Å²) in [5.74, 6) is 1.65. The fourth-order valence-electron chi connectivity index (χ4n) is 4.60. The number of thiocarbonyl (C=S) groups is 1. The van der Waals surface area contributed by atoms with Crippen LogP contribution in [0.1, 0.15) is 47.1 Å². The number of hydrogen-bond acceptors (Lipinski definition) is 4. The normalized spacial score (nSPS) is 14.9. The Morgan fingerprint density at radius 2 is 1.82 bits per heavy atom. The Bertz CT molecular complexity index is 1110. The number of ether oxygens (including phenoxy) is 1. The van der Waals surface area contributed by atoms with Crippen molar-refractivity contribution in [2.24, 2.45) is 0 Å². The molecule has 0 amide bonds. The second kappa shape index (κ2) is 10.7. The van der Waals surface area contributed by atoms with Crippen molar-refractivity contribution in [3.8, 4) is 11.5 Å². The summed E-state index contributed by atoms with van der Waals surface area (Å²) in [5.41, 5.74) is 7.49. The minimum Gasteiger partial charge on any atom is -0.508 e. The topological polar surface area (TPSA) is 53.5 Å². The number of nitrogens with one attached hydrogen (secondary N) is 2. The third-order valence-corrected chi connectivity index (χ3v) is 6.65. The molecule has 1 aliphatic carbocycles. The van der Waals surface area contributed by atoms with Gasteiger partial charge in [0.25, 0.3) is 0 Å². The maximum absolute atomic E-state index is 9.80. The van der Waals surface area contributed by atoms with Crippen LogP contribution in [0.15, 0.2) is 60.7 Å². The summed E-state index contributed by atoms with van der Waals surface area (Å²) in [6, 6.07) is 20.8. The fourth-order valence-corrected chi connectivity index (χ4v) is 4.91. The van der Waals surface area contributed by atoms with Crippen LogP contribution in [0, 0.1) is 0 Å². The summed E-state index contributed by atoms with van der Waals surface area (Å²) in [4.78, 5) is 0.883. The molecular weight excluding hydrogens is 428 g/mol. The van der Waals surface area contributed by atoms with E-state index in [4.69, 9.17) is 17.0 Å². The molecule has 0 radical (unpaired) electrons. The van der Waals surface area contributed by atoms with Crippen LogP contribution in [0.5, 0.6) is 11.5 Å². The number of benzene rings is 3. The Morgan fingerprint density at radius 3 is 2.58 bits per heavy atom. The van der Waals surface area contributed by atoms with Crippen molar-refractivity contribution in [2.75, 3.05) is 19.0 Å². The molecule has 0 spiro atoms. The quantitative estimate of drug-likeness (QED) is 0.373. The summed E-state index contributed by atoms with van der Waals surface area (Å²) in [5, 5.41) is 16.7. The number of aryl methyl sites for hydroxylation is 1. The molecule has 0 heterocycles. The number of anilines is 1. The molecule has 0 aromatic heterocycles. The molecule has 4 rings (SSSR count). The van der Waals surface area contributed by atoms with Gasteiger partial charge in [-0.2, -0.15) is 0 Å². The maximum Gasteiger partial charge on any atom is 0.120 e. The van der Waals surface area contributed by atoms with Crippen molar-refractivity contribution in [1.82, 2.24) is 5.32 Å². The van der Waals surface area contributed by atoms with Crippen molar-refractivity contribution in [3.63, 3.8) is 0 Å². The molecule has 3 N–H and O–H groups in total. The van der Waals surface area contributed by atoms with E-state index in [0.717, 1.165) is 55.2 Å². The van der Waals surface area contributed by atoms with Gasteiger partial charge in [-0.15, -0.1) is 0 Å². The fraction of sp³-hybridized carbons (Fsp3) is 0.321. The van der Waals surface area contributed by atoms with Crippen LogP contribution in [0.4, 0.5) is 5.69 Å². The molecule has 0 saturated heterocycles. The highest BCUT2D eigenvalue weighted by Crippen LogP contribution is 2.38. The van der Waals surface area contributed by atoms with E-state index in [9.17, 15) is 5.11 Å². The summed E-state index contributed by atoms with van der Waals surface area (Å²) < 4.78 is 5.51. The van der Waals surface area contributed by atoms with Crippen molar-refractivity contribution < 1.29 is 9.84 Å². The zero-order chi connectivity index (χ0) is 23.2. The Balaban J connectivity index is 1.47. The predicted molar refractivity (Wildman–Crippen MR) is 140 cm³/mol. The van der Waals surface area contributed by atoms with Crippen molar-refractivity contribution in [3.05, 3.63) is 88.5 Å². The zero-order valence-electron chi connectivity index (χ0n) is 19.4. The third kappa shape index (κ3) is 5.85. The lowest BCUT2D eigenvalue weighted by Gasteiger charge is -2.27. The minimum atomic E-state index is 0.355. The number of likely N-dealkylation sites (N-methyl/N-ethyl adjacent to an activating group) is 1. The van der Waals surface area contributed by atoms with Gasteiger partial charge in [-0.3, -0.25) is 0 Å². The van der Waals surface area contributed by atoms with E-state index in [1.807, 2.05) is 6.07 Å². The Morgan fingerprint density at radius 1 is 1.03 bits per heavy atom. The van der Waals surface area contributed by atoms with Crippen molar-refractivity contribution >= 4 is 22.9 Å². The lowest BCUT2D eigenvalue weighted by Crippen LogP contribution is -2.22. The molecule has 4 nitrogen and oxygen atoms in total. The second-order valence-corrected chi connectivity index (χ2v) is 9.14. The molecule has 0 unspecified atom stereocenters. The minimum absolute atomic E-state index is 0.355. The van der Waals surface area contributed by atoms with Gasteiger partial charge in [0.2, 0.25) is 0 Å². The van der Waals surface area contributed by atoms with Crippen LogP contribution in [0.25, 0.3) is 0 Å². The van der Waals surface area contributed by atoms with Gasteiger partial charge in [0, 0.05) is 31.3 Å². The summed E-state index contributed by atoms with van der Waals surface area (Å²) >= 11 is 5.37. The van der Waals surface area contributed by atoms with E-state index >= 15 is 0 Å². The Hall–Kier alpha value is -3.05. The molecular formula is C28H32N2O2S. The SMILES string of the molecule is CCNC(=S)Cc1ccc(CNc2cc(OC)ccc2[C@@H]2CCc3cc(O)ccc3C2)cc1. The standard InChI is InChI=1S/C28H32N2O2S/c1-3-29-28(33)14-19-4-6-20(7-5-19)18-30-27-17-25(32-2)12-13-26(27)23-9-8-22-16-24(31)11-10-21(22)15-23/h4-7,10-13,16-17,23,30-31H,3,8-9,14-15,18H2,1-2H3,(H,29,33)/t23-/m1/s1. The average molecular weight is 461 g/mol. The van der Waals surface area contributed by atoms with E-state index in [1.54, 1.807) is 13.2 Å². The highest BCUT2D eigenvalue weighted by Gasteiger charge is 2.23. The smallest absolute Gasteiger partial charge is 0.120 e. The first-order valence-corrected chi connectivity index (χ1v) is 12.0. The van der Waals surface area contributed by atoms with E-state index in [1.165, 1.54) is 27.8 Å². The summed E-state index contributed by atoms with van der Waals surface area (Å²) in [6.07, 6.45) is 3.81. The van der Waals surface area contributed by atoms with E-state index in [-0.39, 0.29) is 0 Å². The number of methoxy groups -OCH3 is 1. The van der Waals surface area contributed by atoms with Crippen LogP contribution in [0.3, 0.4) is 0 Å². The Kier molecular flexibility index (Phi) is 7.50. The molecule has 1 atom stereocenters. The number of fused-ring (bicyclic) bond motifs is 1. The van der Waals surface area contributed by atoms with Crippen LogP contribution in [0.2, 0.25) is 0 Å². The molecule has 3 aromatic rings. The molecule has 0 fully saturated rings. The van der Waals surface area contributed by atoms with Crippen molar-refractivity contribution in [1.29, 1.82) is 0 Å². The predicted octanol–water partition coefficient (Wildman–Crippen LogP) is 5.76. The van der Waals surface area contributed by atoms with Gasteiger partial charge in [-0.05, 0) is 78.1 Å². The number of hydrogen-bond donors (Lipinski definition) is 3. The van der Waals surface area contributed by atoms with Crippen LogP contribution >= 0.6 is 12.2 Å². The number of aromatic hydroxyl groups is 1. The molecule has 0 saturated carbocycles. The lowest BCUT2D eigenvalue weighted by molar-refractivity contribution is 0.414. The van der Waals surface area contributed by atoms with Gasteiger partial charge >= 0.3 is 0 Å². The highest BCUT2D eigenvalue weighted by atomic mass is 32.1. The van der Waals surface area contributed by atoms with Crippen LogP contribution in [-0.2, 0) is 25.8 Å². The van der Waals surface area contributed by atoms with Gasteiger partial charge in [0.05, 0.1) is 12.1 Å². The molecule has 5 heteroatoms. The molecule has 0 aliphatic heterocycles. The van der Waals surface area contributed by atoms with Gasteiger partial charge in [0.15, 0.2) is 0 Å². The van der Waals surface area contributed by atoms with Crippen LogP contribution in [-0.4, -0.2) is 23.7 Å². The largest absolute Gasteiger partial charge is 0.508 e. The first-order chi connectivity index (χ1) is 16.1. The first-order valence-electron chi connectivity index (χ1n) is 11.6. The van der Waals surface area contributed by atoms with Gasteiger partial charge in [0.1, 0.15) is 11.5 Å². The van der Waals surface area contributed by atoms with Gasteiger partial charge in [-0.1, -0.05) is 48.6 Å². The summed E-state index contributed by atoms with van der Waals surface area (Å²) in [7, 11) is 1.71. The number of phenols is 1. The first kappa shape index (κ1) is 23.1. The van der Waals surface area contributed by atoms with Crippen molar-refractivity contribution in [2.45, 2.75) is 45.1 Å². The molecule has 0 bridgehead atoms.